The fourth-order valence-corrected chi connectivity index (χ4v) is 3.76. The Kier molecular flexibility index (Phi) is 7.76. The van der Waals surface area contributed by atoms with Gasteiger partial charge in [0.2, 0.25) is 0 Å². The average molecular weight is 427 g/mol. The van der Waals surface area contributed by atoms with Crippen molar-refractivity contribution in [2.75, 3.05) is 20.8 Å². The lowest BCUT2D eigenvalue weighted by Crippen LogP contribution is -2.48. The number of rotatable bonds is 7. The molecule has 0 bridgehead atoms. The SMILES string of the molecule is COc1cc(COC(=O)C2CCCCN2C(=O)OCc2ccccc2)cc(C)c1OC. The molecule has 0 radical (unpaired) electrons. The summed E-state index contributed by atoms with van der Waals surface area (Å²) < 4.78 is 21.7. The first kappa shape index (κ1) is 22.5. The molecule has 7 heteroatoms. The van der Waals surface area contributed by atoms with Crippen molar-refractivity contribution in [2.24, 2.45) is 0 Å². The Hall–Kier alpha value is -3.22. The lowest BCUT2D eigenvalue weighted by Gasteiger charge is -2.33. The molecular weight excluding hydrogens is 398 g/mol. The van der Waals surface area contributed by atoms with Gasteiger partial charge in [0.25, 0.3) is 0 Å². The first-order valence-electron chi connectivity index (χ1n) is 10.4. The van der Waals surface area contributed by atoms with E-state index in [1.165, 1.54) is 4.90 Å². The molecule has 0 aromatic heterocycles. The van der Waals surface area contributed by atoms with Crippen molar-refractivity contribution in [1.82, 2.24) is 4.90 Å². The number of esters is 1. The van der Waals surface area contributed by atoms with Gasteiger partial charge in [0.05, 0.1) is 14.2 Å². The molecule has 31 heavy (non-hydrogen) atoms. The Morgan fingerprint density at radius 3 is 2.42 bits per heavy atom. The van der Waals surface area contributed by atoms with Gasteiger partial charge in [0.1, 0.15) is 19.3 Å². The zero-order chi connectivity index (χ0) is 22.2. The van der Waals surface area contributed by atoms with Crippen LogP contribution in [0.4, 0.5) is 4.79 Å². The Balaban J connectivity index is 1.61. The minimum absolute atomic E-state index is 0.0867. The number of aryl methyl sites for hydroxylation is 1. The summed E-state index contributed by atoms with van der Waals surface area (Å²) in [6.07, 6.45) is 1.76. The summed E-state index contributed by atoms with van der Waals surface area (Å²) in [5.41, 5.74) is 2.57. The highest BCUT2D eigenvalue weighted by Gasteiger charge is 2.34. The van der Waals surface area contributed by atoms with Gasteiger partial charge < -0.3 is 18.9 Å². The van der Waals surface area contributed by atoms with E-state index in [9.17, 15) is 9.59 Å². The standard InChI is InChI=1S/C24H29NO6/c1-17-13-19(14-21(28-2)22(17)29-3)16-30-23(26)20-11-7-8-12-25(20)24(27)31-15-18-9-5-4-6-10-18/h4-6,9-10,13-14,20H,7-8,11-12,15-16H2,1-3H3. The predicted octanol–water partition coefficient (Wildman–Crippen LogP) is 4.25. The van der Waals surface area contributed by atoms with Gasteiger partial charge in [0, 0.05) is 6.54 Å². The van der Waals surface area contributed by atoms with Gasteiger partial charge >= 0.3 is 12.1 Å². The highest BCUT2D eigenvalue weighted by molar-refractivity contribution is 5.81. The Labute approximate surface area is 182 Å². The van der Waals surface area contributed by atoms with E-state index in [2.05, 4.69) is 0 Å². The first-order valence-corrected chi connectivity index (χ1v) is 10.4. The largest absolute Gasteiger partial charge is 0.493 e. The molecule has 7 nitrogen and oxygen atoms in total. The van der Waals surface area contributed by atoms with Crippen molar-refractivity contribution < 1.29 is 28.5 Å². The number of amides is 1. The fraction of sp³-hybridized carbons (Fsp3) is 0.417. The van der Waals surface area contributed by atoms with Crippen molar-refractivity contribution in [2.45, 2.75) is 45.4 Å². The van der Waals surface area contributed by atoms with E-state index >= 15 is 0 Å². The van der Waals surface area contributed by atoms with Crippen molar-refractivity contribution in [3.8, 4) is 11.5 Å². The van der Waals surface area contributed by atoms with Crippen LogP contribution in [0.5, 0.6) is 11.5 Å². The molecule has 1 fully saturated rings. The molecule has 0 saturated carbocycles. The van der Waals surface area contributed by atoms with Crippen molar-refractivity contribution in [1.29, 1.82) is 0 Å². The van der Waals surface area contributed by atoms with E-state index in [1.807, 2.05) is 43.3 Å². The van der Waals surface area contributed by atoms with E-state index in [0.29, 0.717) is 24.5 Å². The van der Waals surface area contributed by atoms with Crippen LogP contribution in [0.1, 0.15) is 36.0 Å². The minimum Gasteiger partial charge on any atom is -0.493 e. The molecule has 1 heterocycles. The van der Waals surface area contributed by atoms with E-state index < -0.39 is 18.1 Å². The second-order valence-electron chi connectivity index (χ2n) is 7.50. The van der Waals surface area contributed by atoms with Gasteiger partial charge in [-0.3, -0.25) is 4.90 Å². The summed E-state index contributed by atoms with van der Waals surface area (Å²) >= 11 is 0. The number of carbonyl (C=O) groups excluding carboxylic acids is 2. The lowest BCUT2D eigenvalue weighted by molar-refractivity contribution is -0.152. The normalized spacial score (nSPS) is 15.8. The maximum Gasteiger partial charge on any atom is 0.410 e. The Morgan fingerprint density at radius 2 is 1.71 bits per heavy atom. The highest BCUT2D eigenvalue weighted by Crippen LogP contribution is 2.32. The summed E-state index contributed by atoms with van der Waals surface area (Å²) in [7, 11) is 3.15. The number of nitrogens with zero attached hydrogens (tertiary/aromatic N) is 1. The number of methoxy groups -OCH3 is 2. The van der Waals surface area contributed by atoms with E-state index in [4.69, 9.17) is 18.9 Å². The summed E-state index contributed by atoms with van der Waals surface area (Å²) in [6.45, 7) is 2.63. The van der Waals surface area contributed by atoms with Crippen LogP contribution in [0, 0.1) is 6.92 Å². The molecule has 0 spiro atoms. The number of hydrogen-bond donors (Lipinski definition) is 0. The predicted molar refractivity (Wildman–Crippen MR) is 115 cm³/mol. The van der Waals surface area contributed by atoms with Crippen LogP contribution >= 0.6 is 0 Å². The molecule has 2 aromatic rings. The van der Waals surface area contributed by atoms with E-state index in [1.54, 1.807) is 20.3 Å². The molecule has 2 aromatic carbocycles. The number of hydrogen-bond acceptors (Lipinski definition) is 6. The van der Waals surface area contributed by atoms with E-state index in [-0.39, 0.29) is 13.2 Å². The summed E-state index contributed by atoms with van der Waals surface area (Å²) in [5.74, 6) is 0.804. The summed E-state index contributed by atoms with van der Waals surface area (Å²) in [5, 5.41) is 0. The molecule has 3 rings (SSSR count). The van der Waals surface area contributed by atoms with Gasteiger partial charge in [-0.15, -0.1) is 0 Å². The molecule has 1 aliphatic rings. The van der Waals surface area contributed by atoms with Crippen LogP contribution in [0.25, 0.3) is 0 Å². The molecule has 0 aliphatic carbocycles. The van der Waals surface area contributed by atoms with Crippen LogP contribution in [0.2, 0.25) is 0 Å². The molecular formula is C24H29NO6. The Bertz CT molecular complexity index is 898. The third-order valence-electron chi connectivity index (χ3n) is 5.32. The van der Waals surface area contributed by atoms with Crippen LogP contribution in [0.15, 0.2) is 42.5 Å². The second-order valence-corrected chi connectivity index (χ2v) is 7.50. The Morgan fingerprint density at radius 1 is 0.968 bits per heavy atom. The van der Waals surface area contributed by atoms with Crippen LogP contribution in [-0.2, 0) is 27.5 Å². The maximum absolute atomic E-state index is 12.8. The fourth-order valence-electron chi connectivity index (χ4n) is 3.76. The number of likely N-dealkylation sites (tertiary alicyclic amines) is 1. The molecule has 0 N–H and O–H groups in total. The first-order chi connectivity index (χ1) is 15.0. The van der Waals surface area contributed by atoms with Crippen molar-refractivity contribution in [3.63, 3.8) is 0 Å². The molecule has 1 amide bonds. The summed E-state index contributed by atoms with van der Waals surface area (Å²) in [6, 6.07) is 12.5. The van der Waals surface area contributed by atoms with Gasteiger partial charge in [0.15, 0.2) is 11.5 Å². The summed E-state index contributed by atoms with van der Waals surface area (Å²) in [4.78, 5) is 26.9. The van der Waals surface area contributed by atoms with E-state index in [0.717, 1.165) is 29.5 Å². The van der Waals surface area contributed by atoms with Gasteiger partial charge in [-0.25, -0.2) is 9.59 Å². The average Bonchev–Trinajstić information content (AvgIpc) is 2.81. The second kappa shape index (κ2) is 10.7. The molecule has 1 atom stereocenters. The topological polar surface area (TPSA) is 74.3 Å². The number of benzene rings is 2. The zero-order valence-corrected chi connectivity index (χ0v) is 18.3. The number of ether oxygens (including phenoxy) is 4. The zero-order valence-electron chi connectivity index (χ0n) is 18.3. The monoisotopic (exact) mass is 427 g/mol. The molecule has 1 unspecified atom stereocenters. The van der Waals surface area contributed by atoms with Gasteiger partial charge in [-0.1, -0.05) is 30.3 Å². The molecule has 166 valence electrons. The highest BCUT2D eigenvalue weighted by atomic mass is 16.6. The molecule has 1 saturated heterocycles. The van der Waals surface area contributed by atoms with Crippen LogP contribution < -0.4 is 9.47 Å². The number of carbonyl (C=O) groups is 2. The molecule has 1 aliphatic heterocycles. The maximum atomic E-state index is 12.8. The smallest absolute Gasteiger partial charge is 0.410 e. The number of piperidine rings is 1. The third-order valence-corrected chi connectivity index (χ3v) is 5.32. The van der Waals surface area contributed by atoms with Crippen LogP contribution in [-0.4, -0.2) is 43.8 Å². The lowest BCUT2D eigenvalue weighted by atomic mass is 10.0. The quantitative estimate of drug-likeness (QED) is 0.615. The van der Waals surface area contributed by atoms with Gasteiger partial charge in [-0.2, -0.15) is 0 Å². The van der Waals surface area contributed by atoms with Crippen molar-refractivity contribution >= 4 is 12.1 Å². The van der Waals surface area contributed by atoms with Crippen LogP contribution in [0.3, 0.4) is 0 Å². The van der Waals surface area contributed by atoms with Crippen molar-refractivity contribution in [3.05, 3.63) is 59.2 Å². The minimum atomic E-state index is -0.640. The van der Waals surface area contributed by atoms with Gasteiger partial charge in [-0.05, 0) is 55.0 Å². The third kappa shape index (κ3) is 5.69.